The quantitative estimate of drug-likeness (QED) is 0.792. The molecule has 16 heavy (non-hydrogen) atoms. The largest absolute Gasteiger partial charge is 0.454 e. The number of nitrogens with two attached hydrogens (primary N) is 1. The van der Waals surface area contributed by atoms with Crippen LogP contribution in [0, 0.1) is 6.92 Å². The Bertz CT molecular complexity index is 529. The molecule has 1 aliphatic heterocycles. The lowest BCUT2D eigenvalue weighted by atomic mass is 10.1. The summed E-state index contributed by atoms with van der Waals surface area (Å²) in [7, 11) is 0. The fourth-order valence-corrected chi connectivity index (χ4v) is 1.79. The molecule has 2 N–H and O–H groups in total. The molecule has 0 amide bonds. The maximum absolute atomic E-state index is 5.72. The third-order valence-corrected chi connectivity index (χ3v) is 2.55. The van der Waals surface area contributed by atoms with Crippen LogP contribution in [0.1, 0.15) is 5.69 Å². The predicted octanol–water partition coefficient (Wildman–Crippen LogP) is 1.96. The average molecular weight is 218 g/mol. The van der Waals surface area contributed by atoms with Gasteiger partial charge in [-0.3, -0.25) is 0 Å². The predicted molar refractivity (Wildman–Crippen MR) is 57.2 cm³/mol. The van der Waals surface area contributed by atoms with Gasteiger partial charge in [-0.2, -0.15) is 0 Å². The Kier molecular flexibility index (Phi) is 1.80. The van der Waals surface area contributed by atoms with Crippen molar-refractivity contribution >= 4 is 5.88 Å². The Labute approximate surface area is 91.7 Å². The highest BCUT2D eigenvalue weighted by Crippen LogP contribution is 2.38. The molecule has 0 spiro atoms. The van der Waals surface area contributed by atoms with Gasteiger partial charge in [0.2, 0.25) is 12.7 Å². The molecule has 1 aliphatic rings. The summed E-state index contributed by atoms with van der Waals surface area (Å²) in [5.41, 5.74) is 8.20. The first kappa shape index (κ1) is 9.08. The van der Waals surface area contributed by atoms with E-state index >= 15 is 0 Å². The smallest absolute Gasteiger partial charge is 0.231 e. The number of hydrogen-bond donors (Lipinski definition) is 1. The third-order valence-electron chi connectivity index (χ3n) is 2.55. The molecule has 0 atom stereocenters. The highest BCUT2D eigenvalue weighted by Gasteiger charge is 2.17. The first-order valence-corrected chi connectivity index (χ1v) is 4.87. The molecule has 5 nitrogen and oxygen atoms in total. The Hall–Kier alpha value is -2.17. The van der Waals surface area contributed by atoms with E-state index in [2.05, 4.69) is 5.16 Å². The van der Waals surface area contributed by atoms with Crippen LogP contribution in [0.15, 0.2) is 22.7 Å². The van der Waals surface area contributed by atoms with E-state index in [9.17, 15) is 0 Å². The van der Waals surface area contributed by atoms with Gasteiger partial charge in [0.05, 0.1) is 11.3 Å². The topological polar surface area (TPSA) is 70.5 Å². The van der Waals surface area contributed by atoms with Crippen LogP contribution in [-0.2, 0) is 0 Å². The van der Waals surface area contributed by atoms with E-state index in [1.807, 2.05) is 25.1 Å². The number of aromatic nitrogens is 1. The van der Waals surface area contributed by atoms with Crippen molar-refractivity contribution < 1.29 is 14.0 Å². The van der Waals surface area contributed by atoms with Gasteiger partial charge >= 0.3 is 0 Å². The van der Waals surface area contributed by atoms with Gasteiger partial charge in [0, 0.05) is 0 Å². The van der Waals surface area contributed by atoms with E-state index in [1.54, 1.807) is 0 Å². The second-order valence-electron chi connectivity index (χ2n) is 3.58. The molecule has 2 heterocycles. The molecule has 0 unspecified atom stereocenters. The van der Waals surface area contributed by atoms with Crippen LogP contribution in [0.4, 0.5) is 5.88 Å². The first-order chi connectivity index (χ1) is 7.75. The molecule has 1 aromatic heterocycles. The molecule has 0 bridgehead atoms. The molecule has 0 saturated carbocycles. The Morgan fingerprint density at radius 3 is 2.81 bits per heavy atom. The van der Waals surface area contributed by atoms with E-state index in [4.69, 9.17) is 19.7 Å². The van der Waals surface area contributed by atoms with Crippen molar-refractivity contribution in [2.75, 3.05) is 12.5 Å². The minimum atomic E-state index is 0.261. The van der Waals surface area contributed by atoms with Gasteiger partial charge in [0.1, 0.15) is 0 Å². The number of fused-ring (bicyclic) bond motifs is 1. The molecule has 0 saturated heterocycles. The van der Waals surface area contributed by atoms with E-state index in [1.165, 1.54) is 0 Å². The summed E-state index contributed by atoms with van der Waals surface area (Å²) in [6.07, 6.45) is 0. The van der Waals surface area contributed by atoms with E-state index < -0.39 is 0 Å². The Morgan fingerprint density at radius 1 is 1.25 bits per heavy atom. The zero-order chi connectivity index (χ0) is 11.1. The van der Waals surface area contributed by atoms with Crippen molar-refractivity contribution in [3.8, 4) is 22.6 Å². The van der Waals surface area contributed by atoms with Gasteiger partial charge in [0.15, 0.2) is 11.5 Å². The van der Waals surface area contributed by atoms with Gasteiger partial charge in [0.25, 0.3) is 0 Å². The van der Waals surface area contributed by atoms with E-state index in [0.29, 0.717) is 5.88 Å². The van der Waals surface area contributed by atoms with Gasteiger partial charge in [-0.05, 0) is 24.6 Å². The number of aryl methyl sites for hydroxylation is 1. The highest BCUT2D eigenvalue weighted by atomic mass is 16.7. The number of rotatable bonds is 1. The van der Waals surface area contributed by atoms with Crippen molar-refractivity contribution in [1.82, 2.24) is 5.16 Å². The van der Waals surface area contributed by atoms with Gasteiger partial charge < -0.3 is 19.7 Å². The average Bonchev–Trinajstić information content (AvgIpc) is 2.85. The summed E-state index contributed by atoms with van der Waals surface area (Å²) >= 11 is 0. The van der Waals surface area contributed by atoms with Crippen molar-refractivity contribution in [1.29, 1.82) is 0 Å². The van der Waals surface area contributed by atoms with Crippen LogP contribution in [0.3, 0.4) is 0 Å². The second-order valence-corrected chi connectivity index (χ2v) is 3.58. The second kappa shape index (κ2) is 3.16. The number of hydrogen-bond acceptors (Lipinski definition) is 5. The van der Waals surface area contributed by atoms with Crippen molar-refractivity contribution in [3.05, 3.63) is 23.9 Å². The fraction of sp³-hybridized carbons (Fsp3) is 0.182. The molecule has 2 aromatic rings. The van der Waals surface area contributed by atoms with E-state index in [0.717, 1.165) is 28.3 Å². The van der Waals surface area contributed by atoms with Crippen molar-refractivity contribution in [2.45, 2.75) is 6.92 Å². The molecule has 1 aromatic carbocycles. The van der Waals surface area contributed by atoms with Gasteiger partial charge in [-0.1, -0.05) is 11.2 Å². The number of nitrogen functional groups attached to an aromatic ring is 1. The van der Waals surface area contributed by atoms with Crippen LogP contribution in [0.2, 0.25) is 0 Å². The number of benzene rings is 1. The van der Waals surface area contributed by atoms with Crippen LogP contribution >= 0.6 is 0 Å². The monoisotopic (exact) mass is 218 g/mol. The minimum absolute atomic E-state index is 0.261. The summed E-state index contributed by atoms with van der Waals surface area (Å²) < 4.78 is 15.5. The maximum atomic E-state index is 5.72. The molecule has 3 rings (SSSR count). The van der Waals surface area contributed by atoms with Gasteiger partial charge in [-0.25, -0.2) is 0 Å². The summed E-state index contributed by atoms with van der Waals surface area (Å²) in [5, 5.41) is 3.81. The normalized spacial score (nSPS) is 13.1. The van der Waals surface area contributed by atoms with Crippen LogP contribution in [0.25, 0.3) is 11.1 Å². The SMILES string of the molecule is Cc1noc(N)c1-c1ccc2c(c1)OCO2. The minimum Gasteiger partial charge on any atom is -0.454 e. The number of anilines is 1. The number of nitrogens with zero attached hydrogens (tertiary/aromatic N) is 1. The van der Waals surface area contributed by atoms with E-state index in [-0.39, 0.29) is 6.79 Å². The lowest BCUT2D eigenvalue weighted by Gasteiger charge is -2.01. The zero-order valence-electron chi connectivity index (χ0n) is 8.69. The molecule has 5 heteroatoms. The first-order valence-electron chi connectivity index (χ1n) is 4.87. The van der Waals surface area contributed by atoms with Crippen LogP contribution in [-0.4, -0.2) is 11.9 Å². The lowest BCUT2D eigenvalue weighted by Crippen LogP contribution is -1.92. The Morgan fingerprint density at radius 2 is 2.06 bits per heavy atom. The summed E-state index contributed by atoms with van der Waals surface area (Å²) in [5.74, 6) is 1.78. The molecule has 0 fully saturated rings. The Balaban J connectivity index is 2.14. The highest BCUT2D eigenvalue weighted by molar-refractivity contribution is 5.76. The van der Waals surface area contributed by atoms with Gasteiger partial charge in [-0.15, -0.1) is 0 Å². The summed E-state index contributed by atoms with van der Waals surface area (Å²) in [6.45, 7) is 2.11. The third kappa shape index (κ3) is 1.21. The lowest BCUT2D eigenvalue weighted by molar-refractivity contribution is 0.174. The molecular formula is C11H10N2O3. The summed E-state index contributed by atoms with van der Waals surface area (Å²) in [4.78, 5) is 0. The standard InChI is InChI=1S/C11H10N2O3/c1-6-10(11(12)16-13-6)7-2-3-8-9(4-7)15-5-14-8/h2-4H,5,12H2,1H3. The summed E-state index contributed by atoms with van der Waals surface area (Å²) in [6, 6.07) is 5.63. The molecular weight excluding hydrogens is 208 g/mol. The van der Waals surface area contributed by atoms with Crippen molar-refractivity contribution in [2.24, 2.45) is 0 Å². The van der Waals surface area contributed by atoms with Crippen molar-refractivity contribution in [3.63, 3.8) is 0 Å². The maximum Gasteiger partial charge on any atom is 0.231 e. The fourth-order valence-electron chi connectivity index (χ4n) is 1.79. The van der Waals surface area contributed by atoms with Crippen LogP contribution in [0.5, 0.6) is 11.5 Å². The molecule has 82 valence electrons. The molecule has 0 radical (unpaired) electrons. The number of ether oxygens (including phenoxy) is 2. The molecule has 0 aliphatic carbocycles. The van der Waals surface area contributed by atoms with Crippen LogP contribution < -0.4 is 15.2 Å². The zero-order valence-corrected chi connectivity index (χ0v) is 8.69.